The molecule has 1 unspecified atom stereocenters. The average Bonchev–Trinajstić information content (AvgIpc) is 2.65. The molecule has 3 rings (SSSR count). The van der Waals surface area contributed by atoms with E-state index in [0.29, 0.717) is 16.1 Å². The van der Waals surface area contributed by atoms with Crippen molar-refractivity contribution in [1.82, 2.24) is 0 Å². The molecule has 4 nitrogen and oxygen atoms in total. The third-order valence-corrected chi connectivity index (χ3v) is 5.73. The molecule has 0 fully saturated rings. The maximum absolute atomic E-state index is 13.6. The molecule has 1 N–H and O–H groups in total. The molecule has 3 aromatic carbocycles. The van der Waals surface area contributed by atoms with Crippen LogP contribution in [0, 0.1) is 13.8 Å². The van der Waals surface area contributed by atoms with E-state index in [-0.39, 0.29) is 0 Å². The van der Waals surface area contributed by atoms with Crippen molar-refractivity contribution in [1.29, 1.82) is 0 Å². The molecule has 0 aromatic heterocycles. The molecular weight excluding hydrogens is 344 g/mol. The normalized spacial score (nSPS) is 12.8. The van der Waals surface area contributed by atoms with Crippen molar-refractivity contribution in [3.8, 4) is 0 Å². The van der Waals surface area contributed by atoms with Gasteiger partial charge in [-0.3, -0.25) is 9.52 Å². The molecule has 0 radical (unpaired) electrons. The third-order valence-electron chi connectivity index (χ3n) is 3.88. The zero-order valence-electron chi connectivity index (χ0n) is 14.7. The summed E-state index contributed by atoms with van der Waals surface area (Å²) in [7, 11) is -3.17. The molecule has 26 heavy (non-hydrogen) atoms. The summed E-state index contributed by atoms with van der Waals surface area (Å²) in [6.45, 7) is 3.93. The zero-order chi connectivity index (χ0) is 18.6. The first-order valence-electron chi connectivity index (χ1n) is 8.24. The Labute approximate surface area is 154 Å². The van der Waals surface area contributed by atoms with E-state index in [9.17, 15) is 9.00 Å². The summed E-state index contributed by atoms with van der Waals surface area (Å²) in [6, 6.07) is 23.3. The van der Waals surface area contributed by atoms with Gasteiger partial charge in [0.25, 0.3) is 5.91 Å². The molecule has 0 bridgehead atoms. The fraction of sp³-hybridized carbons (Fsp3) is 0.0952. The predicted molar refractivity (Wildman–Crippen MR) is 106 cm³/mol. The van der Waals surface area contributed by atoms with Gasteiger partial charge in [0, 0.05) is 11.3 Å². The standard InChI is InChI=1S/C21H20N2O2S/c1-16-8-12-19(13-9-16)22-26(25,20-14-10-17(2)11-15-20)23-21(24)18-6-4-3-5-7-18/h3-15H,1-2H3,(H,22,23,24,25). The van der Waals surface area contributed by atoms with Crippen LogP contribution in [0.5, 0.6) is 0 Å². The van der Waals surface area contributed by atoms with E-state index in [2.05, 4.69) is 9.08 Å². The van der Waals surface area contributed by atoms with Gasteiger partial charge in [-0.15, -0.1) is 4.36 Å². The van der Waals surface area contributed by atoms with Crippen LogP contribution < -0.4 is 4.72 Å². The molecule has 5 heteroatoms. The van der Waals surface area contributed by atoms with E-state index < -0.39 is 15.8 Å². The fourth-order valence-electron chi connectivity index (χ4n) is 2.39. The number of rotatable bonds is 4. The topological polar surface area (TPSA) is 58.5 Å². The van der Waals surface area contributed by atoms with Crippen LogP contribution in [-0.4, -0.2) is 10.1 Å². The summed E-state index contributed by atoms with van der Waals surface area (Å²) in [5, 5.41) is 0. The van der Waals surface area contributed by atoms with E-state index in [4.69, 9.17) is 0 Å². The van der Waals surface area contributed by atoms with Crippen LogP contribution in [0.15, 0.2) is 88.1 Å². The minimum atomic E-state index is -3.17. The van der Waals surface area contributed by atoms with Crippen molar-refractivity contribution in [2.75, 3.05) is 4.72 Å². The van der Waals surface area contributed by atoms with Crippen LogP contribution in [0.1, 0.15) is 21.5 Å². The molecular formula is C21H20N2O2S. The number of hydrogen-bond donors (Lipinski definition) is 1. The molecule has 1 atom stereocenters. The van der Waals surface area contributed by atoms with Gasteiger partial charge in [-0.25, -0.2) is 4.21 Å². The lowest BCUT2D eigenvalue weighted by molar-refractivity contribution is 0.100. The van der Waals surface area contributed by atoms with Crippen molar-refractivity contribution in [3.63, 3.8) is 0 Å². The first-order valence-corrected chi connectivity index (χ1v) is 9.75. The summed E-state index contributed by atoms with van der Waals surface area (Å²) < 4.78 is 20.7. The van der Waals surface area contributed by atoms with E-state index >= 15 is 0 Å². The lowest BCUT2D eigenvalue weighted by Gasteiger charge is -2.14. The number of nitrogens with zero attached hydrogens (tertiary/aromatic N) is 1. The van der Waals surface area contributed by atoms with Gasteiger partial charge in [-0.1, -0.05) is 53.6 Å². The Bertz CT molecular complexity index is 1020. The molecule has 0 spiro atoms. The molecule has 0 aliphatic heterocycles. The predicted octanol–water partition coefficient (Wildman–Crippen LogP) is 5.00. The van der Waals surface area contributed by atoms with Crippen LogP contribution in [0.3, 0.4) is 0 Å². The van der Waals surface area contributed by atoms with E-state index in [1.807, 2.05) is 56.3 Å². The van der Waals surface area contributed by atoms with Gasteiger partial charge in [-0.05, 0) is 50.2 Å². The van der Waals surface area contributed by atoms with Gasteiger partial charge in [0.2, 0.25) is 0 Å². The maximum Gasteiger partial charge on any atom is 0.286 e. The van der Waals surface area contributed by atoms with Crippen LogP contribution in [0.25, 0.3) is 0 Å². The van der Waals surface area contributed by atoms with Gasteiger partial charge in [0.05, 0.1) is 4.90 Å². The van der Waals surface area contributed by atoms with Crippen LogP contribution in [0.4, 0.5) is 5.69 Å². The first kappa shape index (κ1) is 17.9. The number of benzene rings is 3. The highest BCUT2D eigenvalue weighted by Crippen LogP contribution is 2.20. The van der Waals surface area contributed by atoms with Crippen molar-refractivity contribution in [2.45, 2.75) is 18.7 Å². The van der Waals surface area contributed by atoms with Crippen LogP contribution >= 0.6 is 0 Å². The lowest BCUT2D eigenvalue weighted by Crippen LogP contribution is -2.15. The van der Waals surface area contributed by atoms with Gasteiger partial charge < -0.3 is 0 Å². The SMILES string of the molecule is Cc1ccc(NS(=O)(=NC(=O)c2ccccc2)c2ccc(C)cc2)cc1. The maximum atomic E-state index is 13.6. The quantitative estimate of drug-likeness (QED) is 0.708. The fourth-order valence-corrected chi connectivity index (χ4v) is 3.96. The molecule has 0 saturated carbocycles. The van der Waals surface area contributed by atoms with Gasteiger partial charge in [0.1, 0.15) is 0 Å². The molecule has 0 aliphatic carbocycles. The number of nitrogens with one attached hydrogen (secondary N) is 1. The van der Waals surface area contributed by atoms with Crippen molar-refractivity contribution in [3.05, 3.63) is 95.6 Å². The number of carbonyl (C=O) groups is 1. The number of amides is 1. The van der Waals surface area contributed by atoms with Crippen molar-refractivity contribution >= 4 is 21.5 Å². The first-order chi connectivity index (χ1) is 12.5. The molecule has 1 amide bonds. The molecule has 0 heterocycles. The number of carbonyl (C=O) groups excluding carboxylic acids is 1. The minimum Gasteiger partial charge on any atom is -0.295 e. The second-order valence-corrected chi connectivity index (χ2v) is 7.98. The molecule has 0 aliphatic rings. The molecule has 3 aromatic rings. The summed E-state index contributed by atoms with van der Waals surface area (Å²) in [5.41, 5.74) is 3.18. The van der Waals surface area contributed by atoms with E-state index in [1.165, 1.54) is 0 Å². The Morgan fingerprint density at radius 3 is 1.92 bits per heavy atom. The number of aryl methyl sites for hydroxylation is 2. The summed E-state index contributed by atoms with van der Waals surface area (Å²) in [5.74, 6) is -0.518. The monoisotopic (exact) mass is 364 g/mol. The average molecular weight is 364 g/mol. The summed E-state index contributed by atoms with van der Waals surface area (Å²) in [4.78, 5) is 13.0. The third kappa shape index (κ3) is 4.18. The highest BCUT2D eigenvalue weighted by molar-refractivity contribution is 7.95. The second kappa shape index (κ2) is 7.54. The van der Waals surface area contributed by atoms with Crippen molar-refractivity contribution in [2.24, 2.45) is 4.36 Å². The van der Waals surface area contributed by atoms with E-state index in [1.54, 1.807) is 36.4 Å². The Kier molecular flexibility index (Phi) is 5.19. The highest BCUT2D eigenvalue weighted by Gasteiger charge is 2.16. The zero-order valence-corrected chi connectivity index (χ0v) is 15.5. The van der Waals surface area contributed by atoms with Gasteiger partial charge >= 0.3 is 0 Å². The summed E-state index contributed by atoms with van der Waals surface area (Å²) >= 11 is 0. The Morgan fingerprint density at radius 1 is 0.808 bits per heavy atom. The van der Waals surface area contributed by atoms with E-state index in [0.717, 1.165) is 11.1 Å². The Balaban J connectivity index is 2.07. The Morgan fingerprint density at radius 2 is 1.35 bits per heavy atom. The molecule has 132 valence electrons. The Hall–Kier alpha value is -2.92. The second-order valence-electron chi connectivity index (χ2n) is 6.07. The molecule has 0 saturated heterocycles. The van der Waals surface area contributed by atoms with Crippen LogP contribution in [-0.2, 0) is 9.92 Å². The highest BCUT2D eigenvalue weighted by atomic mass is 32.2. The largest absolute Gasteiger partial charge is 0.295 e. The lowest BCUT2D eigenvalue weighted by atomic mass is 10.2. The van der Waals surface area contributed by atoms with Crippen LogP contribution in [0.2, 0.25) is 0 Å². The van der Waals surface area contributed by atoms with Crippen molar-refractivity contribution < 1.29 is 9.00 Å². The number of anilines is 1. The van der Waals surface area contributed by atoms with Gasteiger partial charge in [0.15, 0.2) is 9.92 Å². The minimum absolute atomic E-state index is 0.401. The van der Waals surface area contributed by atoms with Gasteiger partial charge in [-0.2, -0.15) is 0 Å². The smallest absolute Gasteiger partial charge is 0.286 e. The summed E-state index contributed by atoms with van der Waals surface area (Å²) in [6.07, 6.45) is 0. The number of hydrogen-bond acceptors (Lipinski definition) is 2.